The van der Waals surface area contributed by atoms with Crippen molar-refractivity contribution in [1.29, 1.82) is 0 Å². The Morgan fingerprint density at radius 3 is 2.77 bits per heavy atom. The van der Waals surface area contributed by atoms with Crippen molar-refractivity contribution in [1.82, 2.24) is 0 Å². The zero-order valence-electron chi connectivity index (χ0n) is 7.90. The number of rotatable bonds is 8. The summed E-state index contributed by atoms with van der Waals surface area (Å²) < 4.78 is 0. The lowest BCUT2D eigenvalue weighted by Gasteiger charge is -1.96. The van der Waals surface area contributed by atoms with E-state index in [2.05, 4.69) is 17.3 Å². The summed E-state index contributed by atoms with van der Waals surface area (Å²) in [6.07, 6.45) is 4.43. The van der Waals surface area contributed by atoms with Gasteiger partial charge in [-0.05, 0) is 12.8 Å². The molecule has 76 valence electrons. The quantitative estimate of drug-likeness (QED) is 0.360. The van der Waals surface area contributed by atoms with Crippen LogP contribution in [0.2, 0.25) is 0 Å². The summed E-state index contributed by atoms with van der Waals surface area (Å²) in [5, 5.41) is 14.7. The third kappa shape index (κ3) is 10.9. The fourth-order valence-corrected chi connectivity index (χ4v) is 0.764. The van der Waals surface area contributed by atoms with Crippen molar-refractivity contribution in [2.75, 3.05) is 13.2 Å². The molecule has 0 heterocycles. The summed E-state index contributed by atoms with van der Waals surface area (Å²) in [4.78, 5) is 14.7. The Bertz CT molecular complexity index is 159. The molecule has 13 heavy (non-hydrogen) atoms. The predicted octanol–water partition coefficient (Wildman–Crippen LogP) is 2.04. The second-order valence-corrected chi connectivity index (χ2v) is 2.67. The van der Waals surface area contributed by atoms with Gasteiger partial charge in [0.1, 0.15) is 6.61 Å². The maximum absolute atomic E-state index is 9.96. The van der Waals surface area contributed by atoms with E-state index in [-0.39, 0.29) is 6.54 Å². The average molecular weight is 188 g/mol. The van der Waals surface area contributed by atoms with E-state index in [9.17, 15) is 4.79 Å². The van der Waals surface area contributed by atoms with Crippen molar-refractivity contribution >= 4 is 5.97 Å². The SMILES string of the molecule is CCCCCCON=NCC(=O)O. The minimum Gasteiger partial charge on any atom is -0.480 e. The van der Waals surface area contributed by atoms with E-state index in [0.29, 0.717) is 6.61 Å². The highest BCUT2D eigenvalue weighted by atomic mass is 16.6. The summed E-state index contributed by atoms with van der Waals surface area (Å²) in [5.41, 5.74) is 0. The highest BCUT2D eigenvalue weighted by Gasteiger charge is 1.91. The maximum atomic E-state index is 9.96. The van der Waals surface area contributed by atoms with Gasteiger partial charge in [-0.25, -0.2) is 0 Å². The van der Waals surface area contributed by atoms with Crippen molar-refractivity contribution in [2.24, 2.45) is 10.4 Å². The van der Waals surface area contributed by atoms with Crippen LogP contribution in [-0.4, -0.2) is 24.2 Å². The van der Waals surface area contributed by atoms with E-state index in [0.717, 1.165) is 12.8 Å². The maximum Gasteiger partial charge on any atom is 0.327 e. The Hall–Kier alpha value is -1.13. The smallest absolute Gasteiger partial charge is 0.327 e. The van der Waals surface area contributed by atoms with E-state index in [1.807, 2.05) is 0 Å². The molecule has 0 aromatic rings. The number of hydrogen-bond acceptors (Lipinski definition) is 4. The van der Waals surface area contributed by atoms with E-state index in [1.165, 1.54) is 12.8 Å². The van der Waals surface area contributed by atoms with Crippen LogP contribution < -0.4 is 0 Å². The molecule has 5 nitrogen and oxygen atoms in total. The lowest BCUT2D eigenvalue weighted by molar-refractivity contribution is -0.135. The largest absolute Gasteiger partial charge is 0.480 e. The molecule has 0 aliphatic carbocycles. The van der Waals surface area contributed by atoms with Crippen LogP contribution in [0.1, 0.15) is 32.6 Å². The molecule has 0 atom stereocenters. The molecular weight excluding hydrogens is 172 g/mol. The molecule has 1 N–H and O–H groups in total. The highest BCUT2D eigenvalue weighted by molar-refractivity contribution is 5.68. The van der Waals surface area contributed by atoms with Gasteiger partial charge in [-0.3, -0.25) is 4.79 Å². The molecule has 0 aliphatic rings. The number of carbonyl (C=O) groups is 1. The summed E-state index contributed by atoms with van der Waals surface area (Å²) in [7, 11) is 0. The third-order valence-corrected chi connectivity index (χ3v) is 1.41. The number of aliphatic carboxylic acids is 1. The predicted molar refractivity (Wildman–Crippen MR) is 47.5 cm³/mol. The van der Waals surface area contributed by atoms with Gasteiger partial charge in [0.2, 0.25) is 0 Å². The first-order chi connectivity index (χ1) is 6.27. The second-order valence-electron chi connectivity index (χ2n) is 2.67. The zero-order chi connectivity index (χ0) is 9.94. The first-order valence-electron chi connectivity index (χ1n) is 4.48. The number of nitrogens with zero attached hydrogens (tertiary/aromatic N) is 2. The Morgan fingerprint density at radius 1 is 1.38 bits per heavy atom. The van der Waals surface area contributed by atoms with Gasteiger partial charge in [-0.1, -0.05) is 19.8 Å². The van der Waals surface area contributed by atoms with Gasteiger partial charge in [0.25, 0.3) is 0 Å². The van der Waals surface area contributed by atoms with Crippen molar-refractivity contribution < 1.29 is 14.7 Å². The molecule has 0 saturated carbocycles. The van der Waals surface area contributed by atoms with Crippen molar-refractivity contribution in [3.05, 3.63) is 0 Å². The molecule has 0 amide bonds. The number of hydrogen-bond donors (Lipinski definition) is 1. The molecule has 0 rings (SSSR count). The van der Waals surface area contributed by atoms with Crippen LogP contribution in [0.3, 0.4) is 0 Å². The standard InChI is InChI=1S/C8H16N2O3/c1-2-3-4-5-6-13-10-9-7-8(11)12/h2-7H2,1H3,(H,11,12). The Balaban J connectivity index is 3.06. The summed E-state index contributed by atoms with van der Waals surface area (Å²) >= 11 is 0. The number of unbranched alkanes of at least 4 members (excludes halogenated alkanes) is 3. The second kappa shape index (κ2) is 8.96. The molecule has 0 unspecified atom stereocenters. The van der Waals surface area contributed by atoms with Gasteiger partial charge in [0.15, 0.2) is 6.54 Å². The van der Waals surface area contributed by atoms with Crippen LogP contribution in [0.5, 0.6) is 0 Å². The molecule has 0 spiro atoms. The fourth-order valence-electron chi connectivity index (χ4n) is 0.764. The summed E-state index contributed by atoms with van der Waals surface area (Å²) in [6, 6.07) is 0. The van der Waals surface area contributed by atoms with Crippen LogP contribution in [-0.2, 0) is 9.63 Å². The van der Waals surface area contributed by atoms with Crippen LogP contribution in [0, 0.1) is 0 Å². The van der Waals surface area contributed by atoms with Gasteiger partial charge >= 0.3 is 5.97 Å². The normalized spacial score (nSPS) is 10.5. The lowest BCUT2D eigenvalue weighted by atomic mass is 10.2. The topological polar surface area (TPSA) is 71.2 Å². The van der Waals surface area contributed by atoms with E-state index < -0.39 is 5.97 Å². The first kappa shape index (κ1) is 11.9. The summed E-state index contributed by atoms with van der Waals surface area (Å²) in [6.45, 7) is 2.32. The van der Waals surface area contributed by atoms with Gasteiger partial charge < -0.3 is 9.94 Å². The van der Waals surface area contributed by atoms with Gasteiger partial charge in [0, 0.05) is 5.28 Å². The Labute approximate surface area is 77.8 Å². The Kier molecular flexibility index (Phi) is 8.18. The van der Waals surface area contributed by atoms with Gasteiger partial charge in [-0.2, -0.15) is 0 Å². The number of carboxylic acids is 1. The van der Waals surface area contributed by atoms with Crippen LogP contribution in [0.15, 0.2) is 10.4 Å². The van der Waals surface area contributed by atoms with Crippen LogP contribution >= 0.6 is 0 Å². The van der Waals surface area contributed by atoms with E-state index in [4.69, 9.17) is 9.94 Å². The number of carboxylic acid groups (broad SMARTS) is 1. The molecule has 0 radical (unpaired) electrons. The molecule has 0 bridgehead atoms. The molecule has 5 heteroatoms. The van der Waals surface area contributed by atoms with E-state index >= 15 is 0 Å². The lowest BCUT2D eigenvalue weighted by Crippen LogP contribution is -1.98. The summed E-state index contributed by atoms with van der Waals surface area (Å²) in [5.74, 6) is -1.00. The monoisotopic (exact) mass is 188 g/mol. The molecule has 0 aromatic carbocycles. The van der Waals surface area contributed by atoms with E-state index in [1.54, 1.807) is 0 Å². The van der Waals surface area contributed by atoms with Crippen molar-refractivity contribution in [3.63, 3.8) is 0 Å². The van der Waals surface area contributed by atoms with Crippen molar-refractivity contribution in [3.8, 4) is 0 Å². The fraction of sp³-hybridized carbons (Fsp3) is 0.875. The Morgan fingerprint density at radius 2 is 2.15 bits per heavy atom. The molecule has 0 aromatic heterocycles. The molecular formula is C8H16N2O3. The van der Waals surface area contributed by atoms with Crippen molar-refractivity contribution in [2.45, 2.75) is 32.6 Å². The third-order valence-electron chi connectivity index (χ3n) is 1.41. The van der Waals surface area contributed by atoms with Crippen LogP contribution in [0.4, 0.5) is 0 Å². The zero-order valence-corrected chi connectivity index (χ0v) is 7.90. The van der Waals surface area contributed by atoms with Gasteiger partial charge in [-0.15, -0.1) is 5.11 Å². The minimum atomic E-state index is -1.00. The highest BCUT2D eigenvalue weighted by Crippen LogP contribution is 1.98. The van der Waals surface area contributed by atoms with Gasteiger partial charge in [0.05, 0.1) is 0 Å². The molecule has 0 saturated heterocycles. The minimum absolute atomic E-state index is 0.324. The molecule has 0 aliphatic heterocycles. The average Bonchev–Trinajstić information content (AvgIpc) is 2.09. The molecule has 0 fully saturated rings. The van der Waals surface area contributed by atoms with Crippen LogP contribution in [0.25, 0.3) is 0 Å². The first-order valence-corrected chi connectivity index (χ1v) is 4.48.